The summed E-state index contributed by atoms with van der Waals surface area (Å²) >= 11 is 6.76. The number of benzene rings is 2. The molecule has 2 aromatic carbocycles. The van der Waals surface area contributed by atoms with Crippen molar-refractivity contribution in [2.75, 3.05) is 13.1 Å². The van der Waals surface area contributed by atoms with Crippen LogP contribution in [0.1, 0.15) is 15.9 Å². The maximum atomic E-state index is 12.4. The Hall–Kier alpha value is -2.57. The lowest BCUT2D eigenvalue weighted by atomic mass is 10.2. The topological polar surface area (TPSA) is 66.5 Å². The Morgan fingerprint density at radius 1 is 1.12 bits per heavy atom. The first-order valence-corrected chi connectivity index (χ1v) is 9.08. The average molecular weight is 387 g/mol. The number of carbonyl (C=O) groups excluding carboxylic acids is 3. The van der Waals surface area contributed by atoms with Crippen LogP contribution in [0, 0.1) is 0 Å². The van der Waals surface area contributed by atoms with Crippen LogP contribution < -0.4 is 5.32 Å². The van der Waals surface area contributed by atoms with E-state index >= 15 is 0 Å². The van der Waals surface area contributed by atoms with Crippen molar-refractivity contribution in [2.45, 2.75) is 0 Å². The van der Waals surface area contributed by atoms with Crippen molar-refractivity contribution in [1.82, 2.24) is 10.2 Å². The Morgan fingerprint density at radius 2 is 1.88 bits per heavy atom. The Kier molecular flexibility index (Phi) is 5.75. The van der Waals surface area contributed by atoms with Crippen LogP contribution in [0.5, 0.6) is 0 Å². The van der Waals surface area contributed by atoms with Crippen LogP contribution in [-0.4, -0.2) is 35.0 Å². The van der Waals surface area contributed by atoms with Crippen LogP contribution in [0.4, 0.5) is 4.79 Å². The van der Waals surface area contributed by atoms with E-state index in [9.17, 15) is 14.4 Å². The summed E-state index contributed by atoms with van der Waals surface area (Å²) in [5.41, 5.74) is 1.28. The van der Waals surface area contributed by atoms with Crippen molar-refractivity contribution >= 4 is 46.5 Å². The second-order valence-corrected chi connectivity index (χ2v) is 6.94. The lowest BCUT2D eigenvalue weighted by Gasteiger charge is -2.13. The van der Waals surface area contributed by atoms with E-state index in [4.69, 9.17) is 11.6 Å². The molecule has 0 spiro atoms. The third-order valence-corrected chi connectivity index (χ3v) is 4.82. The number of carbonyl (C=O) groups is 3. The van der Waals surface area contributed by atoms with Gasteiger partial charge in [0.15, 0.2) is 0 Å². The number of rotatable bonds is 5. The predicted octanol–water partition coefficient (Wildman–Crippen LogP) is 3.81. The third-order valence-electron chi connectivity index (χ3n) is 3.68. The molecule has 0 bridgehead atoms. The van der Waals surface area contributed by atoms with Gasteiger partial charge in [-0.05, 0) is 41.6 Å². The van der Waals surface area contributed by atoms with Crippen molar-refractivity contribution in [3.05, 3.63) is 75.7 Å². The number of halogens is 1. The quantitative estimate of drug-likeness (QED) is 0.793. The standard InChI is InChI=1S/C19H15ClN2O3S/c20-15-8-4-7-14(12-15)17(23)21-9-10-22-18(24)16(26-19(22)25)11-13-5-2-1-3-6-13/h1-8,11-12H,9-10H2,(H,21,23). The molecule has 132 valence electrons. The molecule has 0 aromatic heterocycles. The summed E-state index contributed by atoms with van der Waals surface area (Å²) in [6, 6.07) is 15.9. The molecular weight excluding hydrogens is 372 g/mol. The molecule has 2 aromatic rings. The lowest BCUT2D eigenvalue weighted by molar-refractivity contribution is -0.122. The number of thioether (sulfide) groups is 1. The fourth-order valence-electron chi connectivity index (χ4n) is 2.41. The van der Waals surface area contributed by atoms with Gasteiger partial charge in [0.2, 0.25) is 0 Å². The number of hydrogen-bond donors (Lipinski definition) is 1. The number of nitrogens with zero attached hydrogens (tertiary/aromatic N) is 1. The summed E-state index contributed by atoms with van der Waals surface area (Å²) in [7, 11) is 0. The van der Waals surface area contributed by atoms with Gasteiger partial charge in [-0.15, -0.1) is 0 Å². The van der Waals surface area contributed by atoms with E-state index in [0.29, 0.717) is 15.5 Å². The summed E-state index contributed by atoms with van der Waals surface area (Å²) in [5.74, 6) is -0.653. The maximum Gasteiger partial charge on any atom is 0.293 e. The van der Waals surface area contributed by atoms with Crippen LogP contribution in [0.25, 0.3) is 6.08 Å². The van der Waals surface area contributed by atoms with Gasteiger partial charge in [0.1, 0.15) is 0 Å². The average Bonchev–Trinajstić information content (AvgIpc) is 2.90. The SMILES string of the molecule is O=C(NCCN1C(=O)SC(=Cc2ccccc2)C1=O)c1cccc(Cl)c1. The van der Waals surface area contributed by atoms with E-state index in [1.54, 1.807) is 30.3 Å². The fraction of sp³-hybridized carbons (Fsp3) is 0.105. The molecule has 0 atom stereocenters. The normalized spacial score (nSPS) is 15.6. The summed E-state index contributed by atoms with van der Waals surface area (Å²) in [5, 5.41) is 2.81. The van der Waals surface area contributed by atoms with Crippen LogP contribution in [0.15, 0.2) is 59.5 Å². The van der Waals surface area contributed by atoms with E-state index in [1.165, 1.54) is 0 Å². The van der Waals surface area contributed by atoms with Crippen molar-refractivity contribution in [3.8, 4) is 0 Å². The van der Waals surface area contributed by atoms with Gasteiger partial charge in [0.05, 0.1) is 4.91 Å². The molecule has 26 heavy (non-hydrogen) atoms. The Balaban J connectivity index is 1.58. The number of hydrogen-bond acceptors (Lipinski definition) is 4. The first-order chi connectivity index (χ1) is 12.5. The van der Waals surface area contributed by atoms with E-state index < -0.39 is 0 Å². The van der Waals surface area contributed by atoms with Crippen LogP contribution >= 0.6 is 23.4 Å². The zero-order valence-corrected chi connectivity index (χ0v) is 15.2. The highest BCUT2D eigenvalue weighted by atomic mass is 35.5. The molecule has 3 amide bonds. The Morgan fingerprint density at radius 3 is 2.62 bits per heavy atom. The molecule has 0 aliphatic carbocycles. The lowest BCUT2D eigenvalue weighted by Crippen LogP contribution is -2.37. The van der Waals surface area contributed by atoms with Crippen molar-refractivity contribution in [3.63, 3.8) is 0 Å². The van der Waals surface area contributed by atoms with Crippen molar-refractivity contribution in [2.24, 2.45) is 0 Å². The second kappa shape index (κ2) is 8.21. The van der Waals surface area contributed by atoms with Gasteiger partial charge in [-0.2, -0.15) is 0 Å². The number of nitrogens with one attached hydrogen (secondary N) is 1. The van der Waals surface area contributed by atoms with E-state index in [-0.39, 0.29) is 30.1 Å². The van der Waals surface area contributed by atoms with E-state index in [1.807, 2.05) is 30.3 Å². The van der Waals surface area contributed by atoms with E-state index in [0.717, 1.165) is 22.2 Å². The molecule has 0 radical (unpaired) electrons. The first-order valence-electron chi connectivity index (χ1n) is 7.89. The minimum Gasteiger partial charge on any atom is -0.350 e. The Labute approximate surface area is 160 Å². The molecule has 0 unspecified atom stereocenters. The maximum absolute atomic E-state index is 12.4. The monoisotopic (exact) mass is 386 g/mol. The molecule has 1 aliphatic heterocycles. The number of imide groups is 1. The molecule has 1 saturated heterocycles. The molecule has 5 nitrogen and oxygen atoms in total. The molecule has 1 heterocycles. The van der Waals surface area contributed by atoms with Crippen molar-refractivity contribution in [1.29, 1.82) is 0 Å². The van der Waals surface area contributed by atoms with Crippen LogP contribution in [0.3, 0.4) is 0 Å². The van der Waals surface area contributed by atoms with Gasteiger partial charge in [-0.25, -0.2) is 0 Å². The minimum absolute atomic E-state index is 0.114. The van der Waals surface area contributed by atoms with Gasteiger partial charge in [0, 0.05) is 23.7 Å². The van der Waals surface area contributed by atoms with E-state index in [2.05, 4.69) is 5.32 Å². The van der Waals surface area contributed by atoms with Gasteiger partial charge in [0.25, 0.3) is 17.1 Å². The highest BCUT2D eigenvalue weighted by molar-refractivity contribution is 8.18. The summed E-state index contributed by atoms with van der Waals surface area (Å²) in [6.45, 7) is 0.283. The van der Waals surface area contributed by atoms with Gasteiger partial charge in [-0.1, -0.05) is 48.0 Å². The molecule has 3 rings (SSSR count). The zero-order valence-electron chi connectivity index (χ0n) is 13.6. The number of amides is 3. The molecular formula is C19H15ClN2O3S. The fourth-order valence-corrected chi connectivity index (χ4v) is 3.46. The Bertz CT molecular complexity index is 883. The minimum atomic E-state index is -0.346. The summed E-state index contributed by atoms with van der Waals surface area (Å²) in [6.07, 6.45) is 1.69. The molecule has 1 N–H and O–H groups in total. The molecule has 1 fully saturated rings. The summed E-state index contributed by atoms with van der Waals surface area (Å²) in [4.78, 5) is 38.0. The van der Waals surface area contributed by atoms with Crippen molar-refractivity contribution < 1.29 is 14.4 Å². The molecule has 0 saturated carbocycles. The smallest absolute Gasteiger partial charge is 0.293 e. The third kappa shape index (κ3) is 4.33. The van der Waals surface area contributed by atoms with Gasteiger partial charge in [-0.3, -0.25) is 19.3 Å². The van der Waals surface area contributed by atoms with Crippen LogP contribution in [-0.2, 0) is 4.79 Å². The first kappa shape index (κ1) is 18.2. The largest absolute Gasteiger partial charge is 0.350 e. The zero-order chi connectivity index (χ0) is 18.5. The molecule has 7 heteroatoms. The summed E-state index contributed by atoms with van der Waals surface area (Å²) < 4.78 is 0. The highest BCUT2D eigenvalue weighted by Gasteiger charge is 2.34. The second-order valence-electron chi connectivity index (χ2n) is 5.51. The highest BCUT2D eigenvalue weighted by Crippen LogP contribution is 2.31. The predicted molar refractivity (Wildman–Crippen MR) is 103 cm³/mol. The van der Waals surface area contributed by atoms with Crippen LogP contribution in [0.2, 0.25) is 5.02 Å². The molecule has 1 aliphatic rings. The van der Waals surface area contributed by atoms with Gasteiger partial charge < -0.3 is 5.32 Å². The van der Waals surface area contributed by atoms with Gasteiger partial charge >= 0.3 is 0 Å².